The third-order valence-electron chi connectivity index (χ3n) is 7.17. The first-order chi connectivity index (χ1) is 20.7. The van der Waals surface area contributed by atoms with E-state index in [0.717, 1.165) is 5.56 Å². The summed E-state index contributed by atoms with van der Waals surface area (Å²) in [5.74, 6) is 0.0378. The molecule has 0 bridgehead atoms. The number of benzene rings is 3. The molecule has 2 heterocycles. The van der Waals surface area contributed by atoms with E-state index >= 15 is 0 Å². The van der Waals surface area contributed by atoms with Gasteiger partial charge in [-0.05, 0) is 82.5 Å². The molecular formula is C31H28BrClN4O6. The van der Waals surface area contributed by atoms with Gasteiger partial charge in [-0.1, -0.05) is 23.7 Å². The smallest absolute Gasteiger partial charge is 0.333 e. The van der Waals surface area contributed by atoms with E-state index < -0.39 is 5.91 Å². The summed E-state index contributed by atoms with van der Waals surface area (Å²) in [6.07, 6.45) is 0.515. The van der Waals surface area contributed by atoms with E-state index in [1.807, 2.05) is 0 Å². The summed E-state index contributed by atoms with van der Waals surface area (Å²) in [6.45, 7) is 0.386. The molecule has 1 aromatic heterocycles. The van der Waals surface area contributed by atoms with Crippen LogP contribution in [0.15, 0.2) is 76.0 Å². The fourth-order valence-electron chi connectivity index (χ4n) is 4.98. The lowest BCUT2D eigenvalue weighted by Crippen LogP contribution is -2.41. The molecule has 0 saturated heterocycles. The Kier molecular flexibility index (Phi) is 9.02. The van der Waals surface area contributed by atoms with Crippen molar-refractivity contribution in [2.75, 3.05) is 20.3 Å². The zero-order valence-electron chi connectivity index (χ0n) is 23.2. The molecule has 0 atom stereocenters. The van der Waals surface area contributed by atoms with Gasteiger partial charge in [-0.15, -0.1) is 0 Å². The molecule has 12 heteroatoms. The van der Waals surface area contributed by atoms with Crippen molar-refractivity contribution in [3.05, 3.63) is 109 Å². The first-order valence-electron chi connectivity index (χ1n) is 13.4. The van der Waals surface area contributed by atoms with Crippen molar-refractivity contribution < 1.29 is 23.9 Å². The number of ketones is 1. The number of hydrogen-bond donors (Lipinski definition) is 1. The average molecular weight is 668 g/mol. The van der Waals surface area contributed by atoms with Crippen LogP contribution in [0.4, 0.5) is 0 Å². The fraction of sp³-hybridized carbons (Fsp3) is 0.226. The number of carbonyl (C=O) groups excluding carboxylic acids is 3. The molecule has 1 aliphatic heterocycles. The van der Waals surface area contributed by atoms with Crippen LogP contribution in [0, 0.1) is 0 Å². The third-order valence-corrected chi connectivity index (χ3v) is 8.41. The van der Waals surface area contributed by atoms with Crippen LogP contribution in [0.1, 0.15) is 38.5 Å². The van der Waals surface area contributed by atoms with Crippen molar-refractivity contribution in [3.8, 4) is 17.2 Å². The van der Waals surface area contributed by atoms with Gasteiger partial charge in [0.1, 0.15) is 17.2 Å². The Labute approximate surface area is 260 Å². The van der Waals surface area contributed by atoms with E-state index in [2.05, 4.69) is 15.9 Å². The highest BCUT2D eigenvalue weighted by atomic mass is 79.9. The van der Waals surface area contributed by atoms with Crippen LogP contribution in [-0.4, -0.2) is 51.9 Å². The van der Waals surface area contributed by atoms with E-state index in [1.54, 1.807) is 83.3 Å². The highest BCUT2D eigenvalue weighted by molar-refractivity contribution is 9.10. The van der Waals surface area contributed by atoms with E-state index in [9.17, 15) is 19.2 Å². The summed E-state index contributed by atoms with van der Waals surface area (Å²) in [4.78, 5) is 53.6. The zero-order chi connectivity index (χ0) is 30.7. The van der Waals surface area contributed by atoms with Gasteiger partial charge in [-0.25, -0.2) is 4.79 Å². The van der Waals surface area contributed by atoms with Gasteiger partial charge < -0.3 is 20.1 Å². The summed E-state index contributed by atoms with van der Waals surface area (Å²) in [7, 11) is 1.55. The Morgan fingerprint density at radius 1 is 0.977 bits per heavy atom. The van der Waals surface area contributed by atoms with Gasteiger partial charge in [-0.3, -0.25) is 23.5 Å². The maximum atomic E-state index is 13.9. The molecule has 2 amide bonds. The number of Topliss-reactive ketones (excluding diaryl/α,β-unsaturated/α-hetero) is 1. The van der Waals surface area contributed by atoms with Crippen LogP contribution in [0.5, 0.6) is 11.5 Å². The molecule has 10 nitrogen and oxygen atoms in total. The number of hydrogen-bond acceptors (Lipinski definition) is 6. The zero-order valence-corrected chi connectivity index (χ0v) is 25.6. The van der Waals surface area contributed by atoms with Gasteiger partial charge in [-0.2, -0.15) is 0 Å². The molecule has 0 unspecified atom stereocenters. The van der Waals surface area contributed by atoms with Crippen molar-refractivity contribution in [2.45, 2.75) is 25.9 Å². The van der Waals surface area contributed by atoms with Crippen molar-refractivity contribution in [1.29, 1.82) is 0 Å². The molecule has 0 radical (unpaired) electrons. The summed E-state index contributed by atoms with van der Waals surface area (Å²) < 4.78 is 14.2. The Bertz CT molecular complexity index is 1750. The summed E-state index contributed by atoms with van der Waals surface area (Å²) in [5.41, 5.74) is 7.30. The number of nitrogens with zero attached hydrogens (tertiary/aromatic N) is 3. The molecule has 5 rings (SSSR count). The van der Waals surface area contributed by atoms with Crippen molar-refractivity contribution >= 4 is 45.1 Å². The number of imidazole rings is 1. The van der Waals surface area contributed by atoms with E-state index in [0.29, 0.717) is 50.9 Å². The minimum atomic E-state index is -0.575. The fourth-order valence-corrected chi connectivity index (χ4v) is 5.41. The van der Waals surface area contributed by atoms with Crippen LogP contribution in [-0.2, 0) is 24.3 Å². The van der Waals surface area contributed by atoms with Gasteiger partial charge >= 0.3 is 5.69 Å². The standard InChI is InChI=1S/C31H28BrClN4O6/c1-42-22-10-6-21(7-11-22)37-29(27(38)13-4-19-2-8-23(9-3-19)43-18-28(34)39)26-17-35(14-15-36(26)31(37)41)30(40)20-5-12-24(32)25(33)16-20/h2-3,5-12,16H,4,13-15,17-18H2,1H3,(H2,34,39). The number of carbonyl (C=O) groups is 3. The summed E-state index contributed by atoms with van der Waals surface area (Å²) in [5, 5.41) is 0.411. The molecule has 2 N–H and O–H groups in total. The first-order valence-corrected chi connectivity index (χ1v) is 14.6. The van der Waals surface area contributed by atoms with Crippen molar-refractivity contribution in [3.63, 3.8) is 0 Å². The Balaban J connectivity index is 1.46. The Morgan fingerprint density at radius 2 is 1.67 bits per heavy atom. The largest absolute Gasteiger partial charge is 0.497 e. The molecular weight excluding hydrogens is 640 g/mol. The van der Waals surface area contributed by atoms with Crippen LogP contribution in [0.2, 0.25) is 5.02 Å². The molecule has 0 spiro atoms. The highest BCUT2D eigenvalue weighted by Crippen LogP contribution is 2.27. The third kappa shape index (κ3) is 6.52. The second-order valence-electron chi connectivity index (χ2n) is 9.94. The normalized spacial score (nSPS) is 12.5. The minimum Gasteiger partial charge on any atom is -0.497 e. The number of aryl methyl sites for hydroxylation is 1. The van der Waals surface area contributed by atoms with Crippen molar-refractivity contribution in [2.24, 2.45) is 5.73 Å². The SMILES string of the molecule is COc1ccc(-n2c(C(=O)CCc3ccc(OCC(N)=O)cc3)c3n(c2=O)CCN(C(=O)c2ccc(Br)c(Cl)c2)C3)cc1. The van der Waals surface area contributed by atoms with Crippen molar-refractivity contribution in [1.82, 2.24) is 14.0 Å². The number of rotatable bonds is 10. The summed E-state index contributed by atoms with van der Waals surface area (Å²) >= 11 is 9.58. The number of amides is 2. The lowest BCUT2D eigenvalue weighted by molar-refractivity contribution is -0.119. The highest BCUT2D eigenvalue weighted by Gasteiger charge is 2.32. The molecule has 0 aliphatic carbocycles. The monoisotopic (exact) mass is 666 g/mol. The maximum absolute atomic E-state index is 13.9. The molecule has 4 aromatic rings. The summed E-state index contributed by atoms with van der Waals surface area (Å²) in [6, 6.07) is 18.9. The van der Waals surface area contributed by atoms with Gasteiger partial charge in [0.05, 0.1) is 30.1 Å². The van der Waals surface area contributed by atoms with E-state index in [1.165, 1.54) is 4.57 Å². The number of ether oxygens (including phenoxy) is 2. The molecule has 3 aromatic carbocycles. The number of aromatic nitrogens is 2. The van der Waals surface area contributed by atoms with E-state index in [-0.39, 0.29) is 49.2 Å². The number of methoxy groups -OCH3 is 1. The lowest BCUT2D eigenvalue weighted by atomic mass is 10.0. The second kappa shape index (κ2) is 12.9. The van der Waals surface area contributed by atoms with Gasteiger partial charge in [0.2, 0.25) is 0 Å². The number of nitrogens with two attached hydrogens (primary N) is 1. The van der Waals surface area contributed by atoms with Gasteiger partial charge in [0.15, 0.2) is 12.4 Å². The molecule has 0 saturated carbocycles. The van der Waals surface area contributed by atoms with Crippen LogP contribution in [0.3, 0.4) is 0 Å². The molecule has 1 aliphatic rings. The van der Waals surface area contributed by atoms with Crippen LogP contribution in [0.25, 0.3) is 5.69 Å². The topological polar surface area (TPSA) is 126 Å². The maximum Gasteiger partial charge on any atom is 0.333 e. The quantitative estimate of drug-likeness (QED) is 0.250. The number of fused-ring (bicyclic) bond motifs is 1. The first kappa shape index (κ1) is 30.1. The molecule has 222 valence electrons. The van der Waals surface area contributed by atoms with E-state index in [4.69, 9.17) is 26.8 Å². The average Bonchev–Trinajstić information content (AvgIpc) is 3.31. The molecule has 43 heavy (non-hydrogen) atoms. The minimum absolute atomic E-state index is 0.0812. The van der Waals surface area contributed by atoms with Gasteiger partial charge in [0, 0.05) is 29.5 Å². The Morgan fingerprint density at radius 3 is 2.33 bits per heavy atom. The van der Waals surface area contributed by atoms with Crippen LogP contribution < -0.4 is 20.9 Å². The number of halogens is 2. The lowest BCUT2D eigenvalue weighted by Gasteiger charge is -2.28. The number of primary amides is 1. The predicted octanol–water partition coefficient (Wildman–Crippen LogP) is 4.40. The molecule has 0 fully saturated rings. The predicted molar refractivity (Wildman–Crippen MR) is 164 cm³/mol. The van der Waals surface area contributed by atoms with Gasteiger partial charge in [0.25, 0.3) is 11.8 Å². The second-order valence-corrected chi connectivity index (χ2v) is 11.2. The Hall–Kier alpha value is -4.35. The van der Waals surface area contributed by atoms with Crippen LogP contribution >= 0.6 is 27.5 Å².